The molecule has 0 aromatic heterocycles. The van der Waals surface area contributed by atoms with Crippen molar-refractivity contribution in [3.8, 4) is 5.75 Å². The van der Waals surface area contributed by atoms with Crippen molar-refractivity contribution in [1.82, 2.24) is 10.3 Å². The van der Waals surface area contributed by atoms with Crippen LogP contribution in [0, 0.1) is 6.92 Å². The summed E-state index contributed by atoms with van der Waals surface area (Å²) in [4.78, 5) is 38.0. The Balaban J connectivity index is 1.58. The lowest BCUT2D eigenvalue weighted by molar-refractivity contribution is -0.139. The van der Waals surface area contributed by atoms with Gasteiger partial charge in [-0.2, -0.15) is 5.01 Å². The van der Waals surface area contributed by atoms with E-state index in [4.69, 9.17) is 16.3 Å². The minimum atomic E-state index is -1.46. The number of nitrogens with zero attached hydrogens (tertiary/aromatic N) is 3. The van der Waals surface area contributed by atoms with Crippen molar-refractivity contribution >= 4 is 51.9 Å². The molecule has 2 aromatic rings. The van der Waals surface area contributed by atoms with Gasteiger partial charge in [0.1, 0.15) is 5.75 Å². The molecule has 2 aliphatic rings. The lowest BCUT2D eigenvalue weighted by Gasteiger charge is -2.29. The summed E-state index contributed by atoms with van der Waals surface area (Å²) < 4.78 is 5.80. The molecule has 1 N–H and O–H groups in total. The standard InChI is InChI=1S/C23H23ClN4O4S/c1-14-5-8-18(9-6-14)32-12-4-11-27-20-10-7-17(24)13-19(20)23(21(27)31)28(16(3)30)26-22(33-23)25-15(2)29/h5-10,13H,4,11-12H2,1-3H3,(H,25,26,29). The number of thioether (sulfide) groups is 1. The Morgan fingerprint density at radius 3 is 2.58 bits per heavy atom. The average Bonchev–Trinajstić information content (AvgIpc) is 3.24. The Morgan fingerprint density at radius 1 is 1.18 bits per heavy atom. The normalized spacial score (nSPS) is 19.0. The van der Waals surface area contributed by atoms with Crippen molar-refractivity contribution in [2.45, 2.75) is 32.1 Å². The Hall–Kier alpha value is -3.04. The van der Waals surface area contributed by atoms with E-state index in [-0.39, 0.29) is 17.0 Å². The first kappa shape index (κ1) is 23.1. The van der Waals surface area contributed by atoms with Crippen LogP contribution < -0.4 is 15.0 Å². The number of carbonyl (C=O) groups is 3. The number of hydrogen-bond acceptors (Lipinski definition) is 6. The molecule has 2 aromatic carbocycles. The number of hydrogen-bond donors (Lipinski definition) is 1. The van der Waals surface area contributed by atoms with E-state index in [0.717, 1.165) is 28.1 Å². The molecular weight excluding hydrogens is 464 g/mol. The van der Waals surface area contributed by atoms with Gasteiger partial charge in [0.15, 0.2) is 5.17 Å². The van der Waals surface area contributed by atoms with Crippen LogP contribution in [0.25, 0.3) is 0 Å². The number of rotatable bonds is 5. The average molecular weight is 487 g/mol. The molecule has 2 aliphatic heterocycles. The highest BCUT2D eigenvalue weighted by atomic mass is 35.5. The van der Waals surface area contributed by atoms with E-state index in [2.05, 4.69) is 10.4 Å². The van der Waals surface area contributed by atoms with Gasteiger partial charge in [0.2, 0.25) is 16.7 Å². The van der Waals surface area contributed by atoms with Crippen molar-refractivity contribution in [3.05, 3.63) is 58.6 Å². The van der Waals surface area contributed by atoms with Crippen LogP contribution >= 0.6 is 23.4 Å². The number of fused-ring (bicyclic) bond motifs is 2. The highest BCUT2D eigenvalue weighted by molar-refractivity contribution is 8.15. The Labute approximate surface area is 200 Å². The Kier molecular flexibility index (Phi) is 6.36. The van der Waals surface area contributed by atoms with Crippen LogP contribution in [-0.4, -0.2) is 41.0 Å². The van der Waals surface area contributed by atoms with Crippen molar-refractivity contribution < 1.29 is 19.1 Å². The summed E-state index contributed by atoms with van der Waals surface area (Å²) in [7, 11) is 0. The number of ether oxygens (including phenoxy) is 1. The molecule has 0 saturated carbocycles. The van der Waals surface area contributed by atoms with E-state index in [1.807, 2.05) is 31.2 Å². The molecule has 10 heteroatoms. The number of nitrogens with one attached hydrogen (secondary N) is 1. The number of halogens is 1. The molecule has 33 heavy (non-hydrogen) atoms. The SMILES string of the molecule is CC(=O)NC1=NN(C(C)=O)C2(S1)C(=O)N(CCCOc1ccc(C)cc1)c1ccc(Cl)cc12. The van der Waals surface area contributed by atoms with Gasteiger partial charge in [0.05, 0.1) is 12.3 Å². The van der Waals surface area contributed by atoms with Crippen LogP contribution in [0.1, 0.15) is 31.4 Å². The van der Waals surface area contributed by atoms with Gasteiger partial charge < -0.3 is 15.0 Å². The lowest BCUT2D eigenvalue weighted by Crippen LogP contribution is -2.48. The van der Waals surface area contributed by atoms with E-state index in [0.29, 0.717) is 35.8 Å². The van der Waals surface area contributed by atoms with Crippen LogP contribution in [0.3, 0.4) is 0 Å². The van der Waals surface area contributed by atoms with Gasteiger partial charge in [0, 0.05) is 31.0 Å². The second kappa shape index (κ2) is 9.07. The number of benzene rings is 2. The third-order valence-corrected chi connectivity index (χ3v) is 6.76. The summed E-state index contributed by atoms with van der Waals surface area (Å²) in [5, 5.41) is 8.57. The predicted octanol–water partition coefficient (Wildman–Crippen LogP) is 3.62. The molecule has 2 heterocycles. The zero-order valence-electron chi connectivity index (χ0n) is 18.4. The van der Waals surface area contributed by atoms with Gasteiger partial charge in [-0.1, -0.05) is 29.3 Å². The van der Waals surface area contributed by atoms with Crippen molar-refractivity contribution in [2.24, 2.45) is 5.10 Å². The summed E-state index contributed by atoms with van der Waals surface area (Å²) in [5.74, 6) is -0.325. The molecule has 0 aliphatic carbocycles. The largest absolute Gasteiger partial charge is 0.494 e. The molecule has 0 radical (unpaired) electrons. The van der Waals surface area contributed by atoms with Gasteiger partial charge >= 0.3 is 0 Å². The third kappa shape index (κ3) is 4.30. The molecular formula is C23H23ClN4O4S. The lowest BCUT2D eigenvalue weighted by atomic mass is 10.1. The maximum absolute atomic E-state index is 13.8. The van der Waals surface area contributed by atoms with E-state index < -0.39 is 10.8 Å². The van der Waals surface area contributed by atoms with Crippen LogP contribution in [-0.2, 0) is 19.3 Å². The van der Waals surface area contributed by atoms with E-state index in [1.165, 1.54) is 13.8 Å². The fourth-order valence-electron chi connectivity index (χ4n) is 3.85. The van der Waals surface area contributed by atoms with Crippen LogP contribution in [0.5, 0.6) is 5.75 Å². The molecule has 1 atom stereocenters. The van der Waals surface area contributed by atoms with Crippen LogP contribution in [0.4, 0.5) is 5.69 Å². The zero-order chi connectivity index (χ0) is 23.8. The predicted molar refractivity (Wildman–Crippen MR) is 128 cm³/mol. The fourth-order valence-corrected chi connectivity index (χ4v) is 5.35. The Morgan fingerprint density at radius 2 is 1.91 bits per heavy atom. The van der Waals surface area contributed by atoms with Gasteiger partial charge in [-0.05, 0) is 55.4 Å². The molecule has 4 rings (SSSR count). The number of aryl methyl sites for hydroxylation is 1. The van der Waals surface area contributed by atoms with Crippen LogP contribution in [0.2, 0.25) is 5.02 Å². The van der Waals surface area contributed by atoms with Crippen LogP contribution in [0.15, 0.2) is 47.6 Å². The van der Waals surface area contributed by atoms with E-state index in [9.17, 15) is 14.4 Å². The molecule has 172 valence electrons. The summed E-state index contributed by atoms with van der Waals surface area (Å²) in [6.45, 7) is 5.48. The summed E-state index contributed by atoms with van der Waals surface area (Å²) in [6, 6.07) is 12.9. The minimum absolute atomic E-state index is 0.182. The first-order valence-corrected chi connectivity index (χ1v) is 11.6. The number of amidine groups is 1. The monoisotopic (exact) mass is 486 g/mol. The summed E-state index contributed by atoms with van der Waals surface area (Å²) in [5.41, 5.74) is 2.36. The fraction of sp³-hybridized carbons (Fsp3) is 0.304. The summed E-state index contributed by atoms with van der Waals surface area (Å²) in [6.07, 6.45) is 0.571. The van der Waals surface area contributed by atoms with Gasteiger partial charge in [0.25, 0.3) is 5.91 Å². The van der Waals surface area contributed by atoms with Crippen molar-refractivity contribution in [3.63, 3.8) is 0 Å². The number of carbonyl (C=O) groups excluding carboxylic acids is 3. The molecule has 1 unspecified atom stereocenters. The van der Waals surface area contributed by atoms with Gasteiger partial charge in [-0.25, -0.2) is 0 Å². The highest BCUT2D eigenvalue weighted by Crippen LogP contribution is 2.54. The molecule has 0 fully saturated rings. The molecule has 8 nitrogen and oxygen atoms in total. The third-order valence-electron chi connectivity index (χ3n) is 5.28. The quantitative estimate of drug-likeness (QED) is 0.652. The van der Waals surface area contributed by atoms with E-state index >= 15 is 0 Å². The zero-order valence-corrected chi connectivity index (χ0v) is 20.0. The maximum Gasteiger partial charge on any atom is 0.270 e. The smallest absolute Gasteiger partial charge is 0.270 e. The minimum Gasteiger partial charge on any atom is -0.494 e. The number of hydrazone groups is 1. The maximum atomic E-state index is 13.8. The Bertz CT molecular complexity index is 1150. The molecule has 0 bridgehead atoms. The summed E-state index contributed by atoms with van der Waals surface area (Å²) >= 11 is 7.29. The van der Waals surface area contributed by atoms with E-state index in [1.54, 1.807) is 23.1 Å². The topological polar surface area (TPSA) is 91.3 Å². The molecule has 3 amide bonds. The number of anilines is 1. The first-order valence-electron chi connectivity index (χ1n) is 10.4. The van der Waals surface area contributed by atoms with Gasteiger partial charge in [-0.15, -0.1) is 5.10 Å². The van der Waals surface area contributed by atoms with Gasteiger partial charge in [-0.3, -0.25) is 14.4 Å². The number of amides is 3. The molecule has 1 spiro atoms. The first-order chi connectivity index (χ1) is 15.7. The van der Waals surface area contributed by atoms with Crippen molar-refractivity contribution in [2.75, 3.05) is 18.1 Å². The highest BCUT2D eigenvalue weighted by Gasteiger charge is 2.61. The van der Waals surface area contributed by atoms with Crippen molar-refractivity contribution in [1.29, 1.82) is 0 Å². The second-order valence-corrected chi connectivity index (χ2v) is 9.41. The second-order valence-electron chi connectivity index (χ2n) is 7.80. The molecule has 0 saturated heterocycles.